The number of anilines is 1. The highest BCUT2D eigenvalue weighted by molar-refractivity contribution is 6.30. The Morgan fingerprint density at radius 3 is 2.41 bits per heavy atom. The predicted octanol–water partition coefficient (Wildman–Crippen LogP) is 3.94. The number of hydrogen-bond acceptors (Lipinski definition) is 5. The molecule has 0 aliphatic heterocycles. The van der Waals surface area contributed by atoms with Gasteiger partial charge in [-0.1, -0.05) is 11.6 Å². The third-order valence-electron chi connectivity index (χ3n) is 3.61. The molecule has 1 atom stereocenters. The highest BCUT2D eigenvalue weighted by Gasteiger charge is 2.16. The Hall–Kier alpha value is -2.99. The van der Waals surface area contributed by atoms with Crippen molar-refractivity contribution in [2.24, 2.45) is 0 Å². The van der Waals surface area contributed by atoms with E-state index in [0.29, 0.717) is 27.8 Å². The van der Waals surface area contributed by atoms with Crippen LogP contribution in [0.3, 0.4) is 0 Å². The minimum atomic E-state index is -0.968. The van der Waals surface area contributed by atoms with E-state index in [1.807, 2.05) is 0 Å². The van der Waals surface area contributed by atoms with Gasteiger partial charge in [0.15, 0.2) is 6.10 Å². The Balaban J connectivity index is 1.97. The third-order valence-corrected chi connectivity index (χ3v) is 3.86. The quantitative estimate of drug-likeness (QED) is 0.573. The molecule has 2 aromatic rings. The molecule has 1 unspecified atom stereocenters. The summed E-state index contributed by atoms with van der Waals surface area (Å²) in [4.78, 5) is 24.1. The van der Waals surface area contributed by atoms with E-state index in [-0.39, 0.29) is 0 Å². The first-order chi connectivity index (χ1) is 12.9. The zero-order chi connectivity index (χ0) is 19.8. The van der Waals surface area contributed by atoms with Gasteiger partial charge in [0.25, 0.3) is 5.91 Å². The molecule has 7 heteroatoms. The second-order valence-electron chi connectivity index (χ2n) is 5.52. The predicted molar refractivity (Wildman–Crippen MR) is 104 cm³/mol. The molecule has 142 valence electrons. The highest BCUT2D eigenvalue weighted by atomic mass is 35.5. The third kappa shape index (κ3) is 6.04. The molecular weight excluding hydrogens is 370 g/mol. The number of ether oxygens (including phenoxy) is 3. The lowest BCUT2D eigenvalue weighted by molar-refractivity contribution is -0.148. The summed E-state index contributed by atoms with van der Waals surface area (Å²) in [6, 6.07) is 11.8. The molecule has 0 bridgehead atoms. The van der Waals surface area contributed by atoms with Crippen LogP contribution in [-0.4, -0.2) is 32.2 Å². The van der Waals surface area contributed by atoms with Crippen molar-refractivity contribution in [1.29, 1.82) is 0 Å². The second kappa shape index (κ2) is 9.64. The molecule has 2 rings (SSSR count). The Bertz CT molecular complexity index is 833. The summed E-state index contributed by atoms with van der Waals surface area (Å²) in [6.07, 6.45) is 1.79. The van der Waals surface area contributed by atoms with E-state index < -0.39 is 18.0 Å². The first-order valence-corrected chi connectivity index (χ1v) is 8.48. The van der Waals surface area contributed by atoms with Crippen LogP contribution in [0.5, 0.6) is 11.5 Å². The fraction of sp³-hybridized carbons (Fsp3) is 0.200. The highest BCUT2D eigenvalue weighted by Crippen LogP contribution is 2.25. The average molecular weight is 390 g/mol. The lowest BCUT2D eigenvalue weighted by atomic mass is 10.1. The molecule has 27 heavy (non-hydrogen) atoms. The van der Waals surface area contributed by atoms with Crippen LogP contribution in [0.4, 0.5) is 5.69 Å². The first kappa shape index (κ1) is 20.3. The van der Waals surface area contributed by atoms with E-state index >= 15 is 0 Å². The molecule has 1 amide bonds. The first-order valence-electron chi connectivity index (χ1n) is 8.10. The molecule has 0 saturated carbocycles. The van der Waals surface area contributed by atoms with Crippen LogP contribution in [-0.2, 0) is 14.3 Å². The van der Waals surface area contributed by atoms with Crippen LogP contribution >= 0.6 is 11.6 Å². The molecule has 0 saturated heterocycles. The molecule has 0 heterocycles. The number of hydrogen-bond donors (Lipinski definition) is 1. The largest absolute Gasteiger partial charge is 0.497 e. The van der Waals surface area contributed by atoms with Gasteiger partial charge in [0.2, 0.25) is 0 Å². The van der Waals surface area contributed by atoms with E-state index in [9.17, 15) is 9.59 Å². The van der Waals surface area contributed by atoms with E-state index in [1.165, 1.54) is 26.2 Å². The Morgan fingerprint density at radius 1 is 1.07 bits per heavy atom. The summed E-state index contributed by atoms with van der Waals surface area (Å²) in [5, 5.41) is 3.21. The smallest absolute Gasteiger partial charge is 0.331 e. The number of carbonyl (C=O) groups excluding carboxylic acids is 2. The van der Waals surface area contributed by atoms with Gasteiger partial charge in [0.05, 0.1) is 14.2 Å². The van der Waals surface area contributed by atoms with Gasteiger partial charge in [-0.3, -0.25) is 4.79 Å². The second-order valence-corrected chi connectivity index (χ2v) is 5.95. The molecule has 1 N–H and O–H groups in total. The number of rotatable bonds is 7. The van der Waals surface area contributed by atoms with Gasteiger partial charge in [0.1, 0.15) is 11.5 Å². The number of nitrogens with one attached hydrogen (secondary N) is 1. The Labute approximate surface area is 162 Å². The molecule has 0 fully saturated rings. The minimum Gasteiger partial charge on any atom is -0.497 e. The number of esters is 1. The summed E-state index contributed by atoms with van der Waals surface area (Å²) in [5.74, 6) is 0.101. The molecule has 0 spiro atoms. The summed E-state index contributed by atoms with van der Waals surface area (Å²) >= 11 is 5.80. The van der Waals surface area contributed by atoms with Crippen molar-refractivity contribution in [3.63, 3.8) is 0 Å². The zero-order valence-corrected chi connectivity index (χ0v) is 15.9. The fourth-order valence-corrected chi connectivity index (χ4v) is 2.30. The van der Waals surface area contributed by atoms with E-state index in [4.69, 9.17) is 25.8 Å². The van der Waals surface area contributed by atoms with Crippen molar-refractivity contribution in [3.05, 3.63) is 59.1 Å². The molecule has 6 nitrogen and oxygen atoms in total. The number of benzene rings is 2. The molecule has 0 radical (unpaired) electrons. The van der Waals surface area contributed by atoms with Gasteiger partial charge in [-0.2, -0.15) is 0 Å². The van der Waals surface area contributed by atoms with Crippen molar-refractivity contribution in [2.45, 2.75) is 13.0 Å². The zero-order valence-electron chi connectivity index (χ0n) is 15.2. The van der Waals surface area contributed by atoms with Crippen molar-refractivity contribution in [3.8, 4) is 11.5 Å². The number of methoxy groups -OCH3 is 2. The Morgan fingerprint density at radius 2 is 1.78 bits per heavy atom. The van der Waals surface area contributed by atoms with Gasteiger partial charge in [-0.15, -0.1) is 0 Å². The van der Waals surface area contributed by atoms with Gasteiger partial charge >= 0.3 is 5.97 Å². The standard InChI is InChI=1S/C20H20ClNO5/c1-13(20(24)22-16-7-5-15(21)6-8-16)27-19(23)11-4-14-12-17(25-2)9-10-18(14)26-3/h4-13H,1-3H3,(H,22,24)/b11-4+. The number of amides is 1. The lowest BCUT2D eigenvalue weighted by Crippen LogP contribution is -2.29. The van der Waals surface area contributed by atoms with Gasteiger partial charge < -0.3 is 19.5 Å². The van der Waals surface area contributed by atoms with Crippen LogP contribution in [0.15, 0.2) is 48.5 Å². The molecule has 2 aromatic carbocycles. The number of carbonyl (C=O) groups is 2. The topological polar surface area (TPSA) is 73.9 Å². The maximum atomic E-state index is 12.1. The monoisotopic (exact) mass is 389 g/mol. The van der Waals surface area contributed by atoms with Gasteiger partial charge in [-0.05, 0) is 55.5 Å². The summed E-state index contributed by atoms with van der Waals surface area (Å²) in [6.45, 7) is 1.49. The summed E-state index contributed by atoms with van der Waals surface area (Å²) in [5.41, 5.74) is 1.20. The SMILES string of the molecule is COc1ccc(OC)c(/C=C/C(=O)OC(C)C(=O)Nc2ccc(Cl)cc2)c1. The summed E-state index contributed by atoms with van der Waals surface area (Å²) in [7, 11) is 3.07. The lowest BCUT2D eigenvalue weighted by Gasteiger charge is -2.12. The van der Waals surface area contributed by atoms with Gasteiger partial charge in [0, 0.05) is 22.3 Å². The van der Waals surface area contributed by atoms with Crippen LogP contribution in [0.2, 0.25) is 5.02 Å². The molecule has 0 aliphatic carbocycles. The average Bonchev–Trinajstić information content (AvgIpc) is 2.67. The van der Waals surface area contributed by atoms with Crippen LogP contribution in [0.1, 0.15) is 12.5 Å². The fourth-order valence-electron chi connectivity index (χ4n) is 2.17. The van der Waals surface area contributed by atoms with Crippen molar-refractivity contribution >= 4 is 35.2 Å². The Kier molecular flexibility index (Phi) is 7.25. The van der Waals surface area contributed by atoms with Crippen LogP contribution in [0.25, 0.3) is 6.08 Å². The van der Waals surface area contributed by atoms with Crippen molar-refractivity contribution in [1.82, 2.24) is 0 Å². The normalized spacial score (nSPS) is 11.7. The van der Waals surface area contributed by atoms with Crippen LogP contribution in [0, 0.1) is 0 Å². The maximum absolute atomic E-state index is 12.1. The van der Waals surface area contributed by atoms with Gasteiger partial charge in [-0.25, -0.2) is 4.79 Å². The van der Waals surface area contributed by atoms with E-state index in [1.54, 1.807) is 49.6 Å². The molecule has 0 aromatic heterocycles. The number of halogens is 1. The van der Waals surface area contributed by atoms with E-state index in [2.05, 4.69) is 5.32 Å². The maximum Gasteiger partial charge on any atom is 0.331 e. The van der Waals surface area contributed by atoms with Crippen molar-refractivity contribution < 1.29 is 23.8 Å². The van der Waals surface area contributed by atoms with Crippen LogP contribution < -0.4 is 14.8 Å². The minimum absolute atomic E-state index is 0.446. The van der Waals surface area contributed by atoms with Crippen molar-refractivity contribution in [2.75, 3.05) is 19.5 Å². The molecular formula is C20H20ClNO5. The molecule has 0 aliphatic rings. The summed E-state index contributed by atoms with van der Waals surface area (Å²) < 4.78 is 15.5. The van der Waals surface area contributed by atoms with E-state index in [0.717, 1.165) is 0 Å².